The lowest BCUT2D eigenvalue weighted by molar-refractivity contribution is -0.155. The van der Waals surface area contributed by atoms with E-state index < -0.39 is 149 Å². The number of carbonyl (C=O) groups is 13. The number of nitrogens with one attached hydrogen (secondary N) is 8. The molecule has 142 heavy (non-hydrogen) atoms. The standard InChI is InChI=1S/C104H147N17O20S/c1-19-67(8)91(83(135-17)60-86(124)121-51-29-38-82(121)92(136-18)68(9)94(126)113-81(99-108-50-57-142-99)58-69-30-21-20-22-31-69)117(14)100(131)89(65(4)5)115-98(130)90(66(6)7)118(15)102(133)139-62-70-39-41-72(42-40-70)110-96(128)79(37-28-48-109-101(105)132)112-97(129)88(64(2)3)114-85(123)46-53-137-55-56-138-54-49-107-95(127)80(43-44-87(125)141-104(10,11)12)111-84(122)45-52-120-73(59-71-32-27-47-106-93(71)120)61-116(13)119(16)103(134)140-63-78-76-35-25-23-33-74(76)75-34-24-26-36-77(75)78/h20-27,30-36,39-42,47,50,57,59,64-68,78-83,88-92H,19,28-29,37-38,43-46,48-49,51-56,58,60-63H2,1-18H3,(H,107,127)(H,110,128)(H,111,122)(H,112,129)(H,113,126)(H,114,123)(H,115,130)(H3,105,109,132)/t67-,68+,79-,80-,81-,82-,83+,88-,89-,90-,91-,92+/m0/s1. The summed E-state index contributed by atoms with van der Waals surface area (Å²) in [5.74, 6) is -7.24. The van der Waals surface area contributed by atoms with Gasteiger partial charge in [0.2, 0.25) is 53.2 Å². The molecule has 2 aliphatic rings. The number of aromatic nitrogens is 3. The van der Waals surface area contributed by atoms with Crippen molar-refractivity contribution in [3.8, 4) is 11.1 Å². The van der Waals surface area contributed by atoms with Gasteiger partial charge < -0.3 is 95.8 Å². The van der Waals surface area contributed by atoms with E-state index in [1.807, 2.05) is 97.4 Å². The SMILES string of the molecule is CC[C@H](C)[C@@H]([C@@H](CC(=O)N1CCC[C@H]1[C@H](OC)[C@@H](C)C(=O)N[C@@H](Cc1ccccc1)c1nccs1)OC)N(C)C(=O)[C@@H](NC(=O)[C@H](C(C)C)N(C)C(=O)OCc1ccc(NC(=O)[C@H](CCCNC(N)=O)NC(=O)[C@@H](NC(=O)CCOCCOCCNC(=O)[C@H](CCC(=O)OC(C)(C)C)NC(=O)CCn2c(CN(C)N(C)C(=O)OCC3c4ccccc4-c4ccccc43)cc3cccnc32)C(C)C)cc1)C(C)C. The van der Waals surface area contributed by atoms with Crippen molar-refractivity contribution in [2.75, 3.05) is 100 Å². The van der Waals surface area contributed by atoms with Crippen LogP contribution < -0.4 is 48.3 Å². The molecule has 4 aromatic carbocycles. The number of likely N-dealkylation sites (tertiary alicyclic amines) is 1. The van der Waals surface area contributed by atoms with Crippen molar-refractivity contribution >= 4 is 105 Å². The Morgan fingerprint density at radius 3 is 1.89 bits per heavy atom. The number of aryl methyl sites for hydroxylation is 1. The van der Waals surface area contributed by atoms with Gasteiger partial charge in [-0.05, 0) is 147 Å². The monoisotopic (exact) mass is 1990 g/mol. The number of hydrogen-bond donors (Lipinski definition) is 9. The molecule has 37 nitrogen and oxygen atoms in total. The number of thiazole rings is 1. The number of fused-ring (bicyclic) bond motifs is 4. The zero-order chi connectivity index (χ0) is 104. The minimum absolute atomic E-state index is 0.0202. The van der Waals surface area contributed by atoms with Gasteiger partial charge in [0.25, 0.3) is 0 Å². The number of primary amides is 1. The minimum atomic E-state index is -1.18. The molecule has 1 saturated heterocycles. The molecule has 0 spiro atoms. The molecule has 4 heterocycles. The number of likely N-dealkylation sites (N-methyl/N-ethyl adjacent to an activating group) is 2. The highest BCUT2D eigenvalue weighted by molar-refractivity contribution is 7.09. The average molecular weight is 1990 g/mol. The zero-order valence-electron chi connectivity index (χ0n) is 85.3. The van der Waals surface area contributed by atoms with E-state index in [1.54, 1.807) is 148 Å². The highest BCUT2D eigenvalue weighted by Crippen LogP contribution is 2.45. The molecule has 0 unspecified atom stereocenters. The zero-order valence-corrected chi connectivity index (χ0v) is 86.1. The van der Waals surface area contributed by atoms with E-state index in [-0.39, 0.29) is 140 Å². The summed E-state index contributed by atoms with van der Waals surface area (Å²) in [6.07, 6.45) is 2.63. The summed E-state index contributed by atoms with van der Waals surface area (Å²) < 4.78 is 42.8. The van der Waals surface area contributed by atoms with Crippen molar-refractivity contribution < 1.29 is 95.5 Å². The third-order valence-electron chi connectivity index (χ3n) is 25.8. The first-order valence-electron chi connectivity index (χ1n) is 49.0. The predicted octanol–water partition coefficient (Wildman–Crippen LogP) is 10.7. The second kappa shape index (κ2) is 55.2. The first-order chi connectivity index (χ1) is 67.7. The lowest BCUT2D eigenvalue weighted by Gasteiger charge is -2.41. The van der Waals surface area contributed by atoms with Gasteiger partial charge in [-0.2, -0.15) is 0 Å². The van der Waals surface area contributed by atoms with Crippen molar-refractivity contribution in [1.29, 1.82) is 0 Å². The first-order valence-corrected chi connectivity index (χ1v) is 49.9. The number of carbonyl (C=O) groups excluding carboxylic acids is 13. The lowest BCUT2D eigenvalue weighted by Crippen LogP contribution is -2.60. The van der Waals surface area contributed by atoms with Crippen molar-refractivity contribution in [2.45, 2.75) is 245 Å². The molecule has 7 aromatic rings. The molecule has 0 radical (unpaired) electrons. The van der Waals surface area contributed by atoms with E-state index in [4.69, 9.17) is 38.9 Å². The molecule has 0 bridgehead atoms. The maximum atomic E-state index is 15.0. The number of hydrazine groups is 1. The Balaban J connectivity index is 0.706. The molecule has 9 rings (SSSR count). The van der Waals surface area contributed by atoms with E-state index in [9.17, 15) is 57.5 Å². The van der Waals surface area contributed by atoms with Gasteiger partial charge >= 0.3 is 24.2 Å². The number of nitrogens with zero attached hydrogens (tertiary/aromatic N) is 8. The summed E-state index contributed by atoms with van der Waals surface area (Å²) in [6, 6.07) is 30.2. The number of ether oxygens (including phenoxy) is 7. The summed E-state index contributed by atoms with van der Waals surface area (Å²) >= 11 is 1.46. The van der Waals surface area contributed by atoms with Crippen LogP contribution in [0.3, 0.4) is 0 Å². The van der Waals surface area contributed by atoms with Crippen molar-refractivity contribution in [2.24, 2.45) is 35.3 Å². The van der Waals surface area contributed by atoms with Crippen LogP contribution in [0.1, 0.15) is 192 Å². The van der Waals surface area contributed by atoms with Crippen LogP contribution in [-0.4, -0.2) is 272 Å². The summed E-state index contributed by atoms with van der Waals surface area (Å²) in [5, 5.41) is 29.2. The molecule has 12 atom stereocenters. The van der Waals surface area contributed by atoms with E-state index in [0.717, 1.165) is 43.9 Å². The number of anilines is 1. The van der Waals surface area contributed by atoms with Crippen LogP contribution in [0.4, 0.5) is 20.1 Å². The van der Waals surface area contributed by atoms with Crippen molar-refractivity contribution in [1.82, 2.24) is 76.5 Å². The molecule has 1 aliphatic carbocycles. The van der Waals surface area contributed by atoms with Crippen molar-refractivity contribution in [3.05, 3.63) is 172 Å². The van der Waals surface area contributed by atoms with Crippen LogP contribution in [0.25, 0.3) is 22.2 Å². The van der Waals surface area contributed by atoms with E-state index >= 15 is 4.79 Å². The second-order valence-electron chi connectivity index (χ2n) is 38.4. The Morgan fingerprint density at radius 2 is 1.26 bits per heavy atom. The third-order valence-corrected chi connectivity index (χ3v) is 26.7. The third kappa shape index (κ3) is 32.8. The van der Waals surface area contributed by atoms with Gasteiger partial charge in [-0.3, -0.25) is 52.8 Å². The fourth-order valence-electron chi connectivity index (χ4n) is 18.0. The van der Waals surface area contributed by atoms with E-state index in [0.29, 0.717) is 49.1 Å². The Labute approximate surface area is 837 Å². The Bertz CT molecular complexity index is 5280. The topological polar surface area (TPSA) is 456 Å². The van der Waals surface area contributed by atoms with Gasteiger partial charge in [-0.1, -0.05) is 160 Å². The Hall–Kier alpha value is -12.5. The van der Waals surface area contributed by atoms with Crippen LogP contribution in [0.15, 0.2) is 139 Å². The Morgan fingerprint density at radius 1 is 0.606 bits per heavy atom. The molecule has 0 saturated carbocycles. The summed E-state index contributed by atoms with van der Waals surface area (Å²) in [5.41, 5.74) is 12.2. The van der Waals surface area contributed by atoms with Crippen LogP contribution in [-0.2, 0) is 107 Å². The molecule has 1 aliphatic heterocycles. The van der Waals surface area contributed by atoms with Crippen LogP contribution in [0.2, 0.25) is 0 Å². The Kier molecular flexibility index (Phi) is 44.0. The molecule has 3 aromatic heterocycles. The number of methoxy groups -OCH3 is 2. The maximum Gasteiger partial charge on any atom is 0.424 e. The van der Waals surface area contributed by atoms with Gasteiger partial charge in [0.15, 0.2) is 0 Å². The van der Waals surface area contributed by atoms with E-state index in [1.165, 1.54) is 35.4 Å². The molecule has 10 N–H and O–H groups in total. The number of nitrogens with two attached hydrogens (primary N) is 1. The van der Waals surface area contributed by atoms with Gasteiger partial charge in [-0.25, -0.2) is 34.4 Å². The summed E-state index contributed by atoms with van der Waals surface area (Å²) in [7, 11) is 9.52. The fraction of sp³-hybridized carbons (Fsp3) is 0.548. The van der Waals surface area contributed by atoms with Gasteiger partial charge in [0, 0.05) is 128 Å². The fourth-order valence-corrected chi connectivity index (χ4v) is 18.7. The molecule has 774 valence electrons. The number of hydrogen-bond acceptors (Lipinski definition) is 24. The quantitative estimate of drug-likeness (QED) is 0.00740. The van der Waals surface area contributed by atoms with Gasteiger partial charge in [0.05, 0.1) is 75.6 Å². The maximum absolute atomic E-state index is 15.0. The average Bonchev–Trinajstić information content (AvgIpc) is 1.62. The van der Waals surface area contributed by atoms with Crippen molar-refractivity contribution in [3.63, 3.8) is 0 Å². The minimum Gasteiger partial charge on any atom is -0.460 e. The molecular formula is C104H147N17O20S. The predicted molar refractivity (Wildman–Crippen MR) is 538 cm³/mol. The lowest BCUT2D eigenvalue weighted by atomic mass is 9.89. The first kappa shape index (κ1) is 113. The largest absolute Gasteiger partial charge is 0.460 e. The number of benzene rings is 4. The number of amides is 13. The van der Waals surface area contributed by atoms with Crippen LogP contribution in [0.5, 0.6) is 0 Å². The molecule has 13 amide bonds. The molecule has 1 fully saturated rings. The normalized spacial score (nSPS) is 15.3. The number of rotatable bonds is 55. The number of urea groups is 1. The van der Waals surface area contributed by atoms with Crippen LogP contribution >= 0.6 is 11.3 Å². The summed E-state index contributed by atoms with van der Waals surface area (Å²) in [4.78, 5) is 194. The number of pyridine rings is 1. The summed E-state index contributed by atoms with van der Waals surface area (Å²) in [6.45, 7) is 22.4. The van der Waals surface area contributed by atoms with Gasteiger partial charge in [-0.15, -0.1) is 11.3 Å². The highest BCUT2D eigenvalue weighted by atomic mass is 32.1. The second-order valence-corrected chi connectivity index (χ2v) is 39.3. The van der Waals surface area contributed by atoms with Crippen LogP contribution in [0, 0.1) is 29.6 Å². The highest BCUT2D eigenvalue weighted by Gasteiger charge is 2.45. The van der Waals surface area contributed by atoms with E-state index in [2.05, 4.69) is 76.8 Å². The smallest absolute Gasteiger partial charge is 0.424 e. The number of esters is 1. The molecular weight excluding hydrogens is 1840 g/mol. The molecule has 38 heteroatoms. The van der Waals surface area contributed by atoms with Gasteiger partial charge in [0.1, 0.15) is 59.7 Å².